The molecular formula is C18H19ClN2O. The van der Waals surface area contributed by atoms with Crippen molar-refractivity contribution in [2.45, 2.75) is 26.7 Å². The third kappa shape index (κ3) is 3.14. The van der Waals surface area contributed by atoms with Crippen molar-refractivity contribution in [2.24, 2.45) is 5.41 Å². The lowest BCUT2D eigenvalue weighted by Crippen LogP contribution is -2.42. The number of nitrogens with zero attached hydrogens (tertiary/aromatic N) is 2. The van der Waals surface area contributed by atoms with Crippen molar-refractivity contribution in [3.63, 3.8) is 0 Å². The van der Waals surface area contributed by atoms with Gasteiger partial charge in [0.1, 0.15) is 5.82 Å². The van der Waals surface area contributed by atoms with Gasteiger partial charge in [-0.2, -0.15) is 0 Å². The van der Waals surface area contributed by atoms with Gasteiger partial charge < -0.3 is 0 Å². The molecule has 22 heavy (non-hydrogen) atoms. The minimum atomic E-state index is 0.0916. The van der Waals surface area contributed by atoms with Gasteiger partial charge in [0.25, 0.3) is 0 Å². The van der Waals surface area contributed by atoms with Gasteiger partial charge in [0, 0.05) is 29.7 Å². The second-order valence-electron chi connectivity index (χ2n) is 6.55. The van der Waals surface area contributed by atoms with Crippen molar-refractivity contribution in [3.05, 3.63) is 47.6 Å². The zero-order valence-corrected chi connectivity index (χ0v) is 13.6. The Morgan fingerprint density at radius 1 is 1.18 bits per heavy atom. The predicted molar refractivity (Wildman–Crippen MR) is 90.1 cm³/mol. The molecule has 0 bridgehead atoms. The second-order valence-corrected chi connectivity index (χ2v) is 6.99. The molecule has 1 aromatic carbocycles. The van der Waals surface area contributed by atoms with Crippen LogP contribution in [0.3, 0.4) is 0 Å². The third-order valence-corrected chi connectivity index (χ3v) is 4.36. The number of carbonyl (C=O) groups excluding carboxylic acids is 1. The van der Waals surface area contributed by atoms with Gasteiger partial charge in [-0.05, 0) is 41.7 Å². The molecule has 3 rings (SSSR count). The molecule has 4 heteroatoms. The van der Waals surface area contributed by atoms with Crippen molar-refractivity contribution in [1.29, 1.82) is 0 Å². The van der Waals surface area contributed by atoms with E-state index in [2.05, 4.69) is 18.8 Å². The topological polar surface area (TPSA) is 33.2 Å². The standard InChI is InChI=1S/C18H19ClN2O/c1-18(2)8-9-21(17(22)11-18)16-7-6-14(12-20-16)13-4-3-5-15(19)10-13/h3-7,10,12H,8-9,11H2,1-2H3. The first kappa shape index (κ1) is 15.0. The van der Waals surface area contributed by atoms with Crippen LogP contribution in [0.1, 0.15) is 26.7 Å². The number of amides is 1. The Kier molecular flexibility index (Phi) is 3.92. The summed E-state index contributed by atoms with van der Waals surface area (Å²) in [5, 5.41) is 0.704. The molecule has 0 atom stereocenters. The number of piperidine rings is 1. The summed E-state index contributed by atoms with van der Waals surface area (Å²) in [5.41, 5.74) is 2.11. The van der Waals surface area contributed by atoms with E-state index in [4.69, 9.17) is 11.6 Å². The summed E-state index contributed by atoms with van der Waals surface area (Å²) in [6.45, 7) is 5.01. The molecule has 1 aromatic heterocycles. The Morgan fingerprint density at radius 2 is 2.00 bits per heavy atom. The van der Waals surface area contributed by atoms with Crippen LogP contribution in [0.4, 0.5) is 5.82 Å². The summed E-state index contributed by atoms with van der Waals surface area (Å²) in [4.78, 5) is 18.5. The van der Waals surface area contributed by atoms with Crippen LogP contribution in [0.5, 0.6) is 0 Å². The summed E-state index contributed by atoms with van der Waals surface area (Å²) in [5.74, 6) is 0.880. The molecule has 0 aliphatic carbocycles. The number of pyridine rings is 1. The largest absolute Gasteiger partial charge is 0.297 e. The van der Waals surface area contributed by atoms with Crippen molar-refractivity contribution in [3.8, 4) is 11.1 Å². The summed E-state index contributed by atoms with van der Waals surface area (Å²) in [7, 11) is 0. The molecule has 2 heterocycles. The first-order valence-electron chi connectivity index (χ1n) is 7.47. The maximum absolute atomic E-state index is 12.3. The molecular weight excluding hydrogens is 296 g/mol. The fourth-order valence-electron chi connectivity index (χ4n) is 2.76. The van der Waals surface area contributed by atoms with Crippen molar-refractivity contribution >= 4 is 23.3 Å². The SMILES string of the molecule is CC1(C)CCN(c2ccc(-c3cccc(Cl)c3)cn2)C(=O)C1. The average molecular weight is 315 g/mol. The molecule has 0 saturated carbocycles. The molecule has 1 aliphatic heterocycles. The lowest BCUT2D eigenvalue weighted by atomic mass is 9.82. The van der Waals surface area contributed by atoms with Gasteiger partial charge in [-0.15, -0.1) is 0 Å². The van der Waals surface area contributed by atoms with Gasteiger partial charge in [-0.3, -0.25) is 9.69 Å². The van der Waals surface area contributed by atoms with Crippen LogP contribution in [-0.4, -0.2) is 17.4 Å². The zero-order chi connectivity index (χ0) is 15.7. The molecule has 1 saturated heterocycles. The number of rotatable bonds is 2. The van der Waals surface area contributed by atoms with Crippen LogP contribution in [0.15, 0.2) is 42.6 Å². The van der Waals surface area contributed by atoms with Crippen LogP contribution in [0.2, 0.25) is 5.02 Å². The highest BCUT2D eigenvalue weighted by Gasteiger charge is 2.32. The molecule has 0 unspecified atom stereocenters. The number of halogens is 1. The fourth-order valence-corrected chi connectivity index (χ4v) is 2.95. The molecule has 2 aromatic rings. The molecule has 0 N–H and O–H groups in total. The van der Waals surface area contributed by atoms with Crippen LogP contribution in [-0.2, 0) is 4.79 Å². The lowest BCUT2D eigenvalue weighted by Gasteiger charge is -2.35. The van der Waals surface area contributed by atoms with E-state index < -0.39 is 0 Å². The summed E-state index contributed by atoms with van der Waals surface area (Å²) >= 11 is 6.02. The van der Waals surface area contributed by atoms with Crippen molar-refractivity contribution in [1.82, 2.24) is 4.98 Å². The third-order valence-electron chi connectivity index (χ3n) is 4.13. The summed E-state index contributed by atoms with van der Waals surface area (Å²) in [6, 6.07) is 11.6. The highest BCUT2D eigenvalue weighted by atomic mass is 35.5. The molecule has 1 aliphatic rings. The highest BCUT2D eigenvalue weighted by Crippen LogP contribution is 2.33. The Morgan fingerprint density at radius 3 is 2.64 bits per heavy atom. The monoisotopic (exact) mass is 314 g/mol. The maximum atomic E-state index is 12.3. The van der Waals surface area contributed by atoms with E-state index in [1.54, 1.807) is 11.1 Å². The van der Waals surface area contributed by atoms with Gasteiger partial charge in [0.2, 0.25) is 5.91 Å². The number of aromatic nitrogens is 1. The van der Waals surface area contributed by atoms with Gasteiger partial charge in [0.15, 0.2) is 0 Å². The maximum Gasteiger partial charge on any atom is 0.228 e. The van der Waals surface area contributed by atoms with Crippen molar-refractivity contribution in [2.75, 3.05) is 11.4 Å². The second kappa shape index (κ2) is 5.73. The Balaban J connectivity index is 1.82. The van der Waals surface area contributed by atoms with Gasteiger partial charge in [-0.1, -0.05) is 37.6 Å². The van der Waals surface area contributed by atoms with Crippen LogP contribution in [0, 0.1) is 5.41 Å². The summed E-state index contributed by atoms with van der Waals surface area (Å²) < 4.78 is 0. The predicted octanol–water partition coefficient (Wildman–Crippen LogP) is 4.56. The number of hydrogen-bond donors (Lipinski definition) is 0. The molecule has 3 nitrogen and oxygen atoms in total. The highest BCUT2D eigenvalue weighted by molar-refractivity contribution is 6.30. The molecule has 1 amide bonds. The van der Waals surface area contributed by atoms with E-state index in [-0.39, 0.29) is 11.3 Å². The van der Waals surface area contributed by atoms with Crippen LogP contribution in [0.25, 0.3) is 11.1 Å². The number of carbonyl (C=O) groups is 1. The number of hydrogen-bond acceptors (Lipinski definition) is 2. The fraction of sp³-hybridized carbons (Fsp3) is 0.333. The van der Waals surface area contributed by atoms with Gasteiger partial charge >= 0.3 is 0 Å². The van der Waals surface area contributed by atoms with Crippen LogP contribution >= 0.6 is 11.6 Å². The van der Waals surface area contributed by atoms with E-state index in [1.165, 1.54) is 0 Å². The summed E-state index contributed by atoms with van der Waals surface area (Å²) in [6.07, 6.45) is 3.37. The van der Waals surface area contributed by atoms with Gasteiger partial charge in [-0.25, -0.2) is 4.98 Å². The van der Waals surface area contributed by atoms with Crippen molar-refractivity contribution < 1.29 is 4.79 Å². The Labute approximate surface area is 135 Å². The first-order chi connectivity index (χ1) is 10.4. The molecule has 1 fully saturated rings. The zero-order valence-electron chi connectivity index (χ0n) is 12.8. The number of benzene rings is 1. The average Bonchev–Trinajstić information content (AvgIpc) is 2.47. The van der Waals surface area contributed by atoms with E-state index in [1.807, 2.05) is 36.4 Å². The normalized spacial score (nSPS) is 17.6. The molecule has 0 radical (unpaired) electrons. The number of anilines is 1. The van der Waals surface area contributed by atoms with Crippen LogP contribution < -0.4 is 4.90 Å². The minimum absolute atomic E-state index is 0.0916. The Bertz CT molecular complexity index is 694. The first-order valence-corrected chi connectivity index (χ1v) is 7.85. The van der Waals surface area contributed by atoms with E-state index >= 15 is 0 Å². The smallest absolute Gasteiger partial charge is 0.228 e. The van der Waals surface area contributed by atoms with E-state index in [0.717, 1.165) is 29.9 Å². The quantitative estimate of drug-likeness (QED) is 0.814. The Hall–Kier alpha value is -1.87. The molecule has 114 valence electrons. The molecule has 0 spiro atoms. The van der Waals surface area contributed by atoms with E-state index in [0.29, 0.717) is 11.4 Å². The van der Waals surface area contributed by atoms with Gasteiger partial charge in [0.05, 0.1) is 0 Å². The van der Waals surface area contributed by atoms with E-state index in [9.17, 15) is 4.79 Å². The lowest BCUT2D eigenvalue weighted by molar-refractivity contribution is -0.122. The minimum Gasteiger partial charge on any atom is -0.297 e.